The van der Waals surface area contributed by atoms with Gasteiger partial charge in [-0.3, -0.25) is 19.2 Å². The first-order valence-electron chi connectivity index (χ1n) is 16.9. The van der Waals surface area contributed by atoms with E-state index in [1.807, 2.05) is 0 Å². The van der Waals surface area contributed by atoms with Crippen molar-refractivity contribution in [3.05, 3.63) is 0 Å². The molecule has 264 valence electrons. The Bertz CT molecular complexity index is 1170. The van der Waals surface area contributed by atoms with Crippen LogP contribution in [-0.2, 0) is 66.5 Å². The zero-order valence-corrected chi connectivity index (χ0v) is 27.5. The molecular weight excluding hydrogens is 622 g/mol. The number of fused-ring (bicyclic) bond motifs is 3. The Morgan fingerprint density at radius 2 is 1.21 bits per heavy atom. The maximum Gasteiger partial charge on any atom is 0.303 e. The molecule has 15 heteroatoms. The van der Waals surface area contributed by atoms with Crippen LogP contribution in [0.15, 0.2) is 0 Å². The van der Waals surface area contributed by atoms with Crippen molar-refractivity contribution in [3.63, 3.8) is 0 Å². The molecule has 0 bridgehead atoms. The second kappa shape index (κ2) is 14.2. The maximum atomic E-state index is 12.4. The molecule has 1 amide bonds. The molecule has 0 unspecified atom stereocenters. The highest BCUT2D eigenvalue weighted by Crippen LogP contribution is 2.51. The Hall–Kier alpha value is -2.40. The fraction of sp³-hybridized carbons (Fsp3) is 0.875. The number of rotatable bonds is 8. The van der Waals surface area contributed by atoms with Gasteiger partial charge in [0, 0.05) is 53.4 Å². The van der Waals surface area contributed by atoms with Gasteiger partial charge in [0.15, 0.2) is 36.4 Å². The molecule has 6 aliphatic rings. The van der Waals surface area contributed by atoms with Crippen LogP contribution < -0.4 is 5.32 Å². The van der Waals surface area contributed by atoms with Crippen LogP contribution in [0.3, 0.4) is 0 Å². The summed E-state index contributed by atoms with van der Waals surface area (Å²) in [6.07, 6.45) is 1.57. The molecule has 47 heavy (non-hydrogen) atoms. The van der Waals surface area contributed by atoms with Crippen LogP contribution in [0.4, 0.5) is 0 Å². The number of amides is 1. The van der Waals surface area contributed by atoms with Crippen molar-refractivity contribution in [2.75, 3.05) is 13.2 Å². The highest BCUT2D eigenvalue weighted by atomic mass is 16.9. The predicted octanol–water partition coefficient (Wildman–Crippen LogP) is 1.90. The molecule has 0 aromatic rings. The summed E-state index contributed by atoms with van der Waals surface area (Å²) in [5, 5.41) is 2.73. The lowest BCUT2D eigenvalue weighted by Crippen LogP contribution is -2.67. The van der Waals surface area contributed by atoms with Gasteiger partial charge in [0.25, 0.3) is 0 Å². The van der Waals surface area contributed by atoms with Crippen LogP contribution in [-0.4, -0.2) is 110 Å². The van der Waals surface area contributed by atoms with Crippen LogP contribution in [0.2, 0.25) is 0 Å². The van der Waals surface area contributed by atoms with Crippen LogP contribution in [0.1, 0.15) is 91.9 Å². The van der Waals surface area contributed by atoms with Gasteiger partial charge in [-0.25, -0.2) is 0 Å². The molecule has 4 aliphatic heterocycles. The normalized spacial score (nSPS) is 38.6. The molecule has 4 heterocycles. The van der Waals surface area contributed by atoms with E-state index < -0.39 is 96.7 Å². The van der Waals surface area contributed by atoms with E-state index in [0.717, 1.165) is 64.2 Å². The minimum atomic E-state index is -1.24. The van der Waals surface area contributed by atoms with E-state index in [2.05, 4.69) is 5.32 Å². The van der Waals surface area contributed by atoms with E-state index >= 15 is 0 Å². The van der Waals surface area contributed by atoms with Gasteiger partial charge < -0.3 is 52.7 Å². The van der Waals surface area contributed by atoms with E-state index in [0.29, 0.717) is 0 Å². The number of hydrogen-bond donors (Lipinski definition) is 1. The molecule has 6 rings (SSSR count). The average Bonchev–Trinajstić information content (AvgIpc) is 3.55. The summed E-state index contributed by atoms with van der Waals surface area (Å²) in [4.78, 5) is 48.4. The molecule has 1 N–H and O–H groups in total. The summed E-state index contributed by atoms with van der Waals surface area (Å²) in [7, 11) is 0. The summed E-state index contributed by atoms with van der Waals surface area (Å²) >= 11 is 0. The topological polar surface area (TPSA) is 173 Å². The summed E-state index contributed by atoms with van der Waals surface area (Å²) in [6, 6.07) is -1.11. The zero-order valence-electron chi connectivity index (χ0n) is 27.5. The van der Waals surface area contributed by atoms with Crippen molar-refractivity contribution in [2.24, 2.45) is 0 Å². The monoisotopic (exact) mass is 669 g/mol. The standard InChI is InChI=1S/C32H47NO14/c1-17(34)33-23-26(41-20(4)37)24(40-19(3)36)21(15-38-18(2)35)42-29(23)39-16-22-25-27(45-31(44-25)11-7-5-8-12-31)28-30(43-22)47-32(46-28)13-9-6-10-14-32/h21-30H,5-16H2,1-4H3,(H,33,34)/t21-,22+,23+,24+,25-,26+,27-,28-,29-,30-/m1/s1. The maximum absolute atomic E-state index is 12.4. The second-order valence-electron chi connectivity index (χ2n) is 13.4. The van der Waals surface area contributed by atoms with E-state index in [1.165, 1.54) is 27.7 Å². The van der Waals surface area contributed by atoms with Gasteiger partial charge in [0.2, 0.25) is 5.91 Å². The number of nitrogens with one attached hydrogen (secondary N) is 1. The van der Waals surface area contributed by atoms with Crippen molar-refractivity contribution < 1.29 is 66.5 Å². The second-order valence-corrected chi connectivity index (χ2v) is 13.4. The molecule has 0 aromatic heterocycles. The number of esters is 3. The Morgan fingerprint density at radius 3 is 1.81 bits per heavy atom. The fourth-order valence-electron chi connectivity index (χ4n) is 7.80. The predicted molar refractivity (Wildman–Crippen MR) is 156 cm³/mol. The van der Waals surface area contributed by atoms with Gasteiger partial charge >= 0.3 is 17.9 Å². The third-order valence-electron chi connectivity index (χ3n) is 9.70. The van der Waals surface area contributed by atoms with Gasteiger partial charge in [0.1, 0.15) is 43.2 Å². The van der Waals surface area contributed by atoms with Gasteiger partial charge in [-0.15, -0.1) is 0 Å². The average molecular weight is 670 g/mol. The first kappa shape index (κ1) is 34.5. The van der Waals surface area contributed by atoms with E-state index in [4.69, 9.17) is 47.4 Å². The Morgan fingerprint density at radius 1 is 0.638 bits per heavy atom. The highest BCUT2D eigenvalue weighted by Gasteiger charge is 2.64. The molecule has 10 atom stereocenters. The van der Waals surface area contributed by atoms with E-state index in [9.17, 15) is 19.2 Å². The molecule has 4 saturated heterocycles. The van der Waals surface area contributed by atoms with E-state index in [-0.39, 0.29) is 13.2 Å². The fourth-order valence-corrected chi connectivity index (χ4v) is 7.80. The number of carbonyl (C=O) groups excluding carboxylic acids is 4. The van der Waals surface area contributed by atoms with E-state index in [1.54, 1.807) is 0 Å². The molecule has 15 nitrogen and oxygen atoms in total. The third-order valence-corrected chi connectivity index (χ3v) is 9.70. The first-order valence-corrected chi connectivity index (χ1v) is 16.9. The van der Waals surface area contributed by atoms with Gasteiger partial charge in [0.05, 0.1) is 6.61 Å². The van der Waals surface area contributed by atoms with Crippen LogP contribution in [0.5, 0.6) is 0 Å². The smallest absolute Gasteiger partial charge is 0.303 e. The van der Waals surface area contributed by atoms with Crippen molar-refractivity contribution in [3.8, 4) is 0 Å². The first-order chi connectivity index (χ1) is 22.5. The van der Waals surface area contributed by atoms with Crippen LogP contribution in [0, 0.1) is 0 Å². The molecule has 6 fully saturated rings. The summed E-state index contributed by atoms with van der Waals surface area (Å²) in [5.74, 6) is -3.92. The van der Waals surface area contributed by atoms with Crippen molar-refractivity contribution in [2.45, 2.75) is 165 Å². The Kier molecular flexibility index (Phi) is 10.4. The molecular formula is C32H47NO14. The van der Waals surface area contributed by atoms with Gasteiger partial charge in [-0.1, -0.05) is 12.8 Å². The molecule has 2 spiro atoms. The number of ether oxygens (including phenoxy) is 10. The summed E-state index contributed by atoms with van der Waals surface area (Å²) in [5.41, 5.74) is 0. The van der Waals surface area contributed by atoms with Crippen molar-refractivity contribution in [1.82, 2.24) is 5.32 Å². The number of carbonyl (C=O) groups is 4. The van der Waals surface area contributed by atoms with Crippen LogP contribution in [0.25, 0.3) is 0 Å². The minimum absolute atomic E-state index is 0.0910. The van der Waals surface area contributed by atoms with Crippen molar-refractivity contribution >= 4 is 23.8 Å². The molecule has 0 radical (unpaired) electrons. The molecule has 2 saturated carbocycles. The van der Waals surface area contributed by atoms with Gasteiger partial charge in [-0.05, 0) is 25.7 Å². The lowest BCUT2D eigenvalue weighted by atomic mass is 9.94. The molecule has 0 aromatic carbocycles. The third kappa shape index (κ3) is 7.61. The lowest BCUT2D eigenvalue weighted by Gasteiger charge is -2.45. The Labute approximate surface area is 273 Å². The SMILES string of the molecule is CC(=O)N[C@@H]1[C@H](OC[C@@H]2O[C@@H]3OC4(CCCCC4)O[C@@H]3[C@@H]3OC4(CCCCC4)O[C@@H]32)O[C@H](COC(C)=O)[C@H](OC(C)=O)[C@H]1OC(C)=O. The lowest BCUT2D eigenvalue weighted by molar-refractivity contribution is -0.298. The summed E-state index contributed by atoms with van der Waals surface area (Å²) in [6.45, 7) is 4.46. The Balaban J connectivity index is 1.25. The van der Waals surface area contributed by atoms with Crippen molar-refractivity contribution in [1.29, 1.82) is 0 Å². The number of hydrogen-bond acceptors (Lipinski definition) is 14. The summed E-state index contributed by atoms with van der Waals surface area (Å²) < 4.78 is 61.8. The largest absolute Gasteiger partial charge is 0.463 e. The highest BCUT2D eigenvalue weighted by molar-refractivity contribution is 5.73. The van der Waals surface area contributed by atoms with Gasteiger partial charge in [-0.2, -0.15) is 0 Å². The van der Waals surface area contributed by atoms with Crippen LogP contribution >= 0.6 is 0 Å². The quantitative estimate of drug-likeness (QED) is 0.293. The molecule has 2 aliphatic carbocycles. The minimum Gasteiger partial charge on any atom is -0.463 e. The zero-order chi connectivity index (χ0) is 33.3.